The van der Waals surface area contributed by atoms with Gasteiger partial charge in [0.05, 0.1) is 31.3 Å². The Morgan fingerprint density at radius 3 is 2.61 bits per heavy atom. The van der Waals surface area contributed by atoms with Crippen LogP contribution in [0.1, 0.15) is 52.4 Å². The van der Waals surface area contributed by atoms with Crippen molar-refractivity contribution in [2.24, 2.45) is 11.8 Å². The minimum Gasteiger partial charge on any atom is -0.466 e. The number of hydrogen-bond donors (Lipinski definition) is 1. The van der Waals surface area contributed by atoms with Crippen LogP contribution in [0.25, 0.3) is 0 Å². The molecule has 1 spiro atoms. The van der Waals surface area contributed by atoms with Crippen molar-refractivity contribution in [3.63, 3.8) is 0 Å². The van der Waals surface area contributed by atoms with Gasteiger partial charge in [-0.3, -0.25) is 19.3 Å². The normalized spacial score (nSPS) is 32.4. The molecule has 0 aromatic rings. The van der Waals surface area contributed by atoms with Crippen molar-refractivity contribution in [2.45, 2.75) is 69.6 Å². The predicted octanol–water partition coefficient (Wildman–Crippen LogP) is 1.21. The number of unbranched alkanes of at least 4 members (excludes halogenated alkanes) is 2. The molecule has 4 fully saturated rings. The lowest BCUT2D eigenvalue weighted by Crippen LogP contribution is -2.57. The van der Waals surface area contributed by atoms with Gasteiger partial charge in [0, 0.05) is 45.9 Å². The molecule has 0 saturated carbocycles. The summed E-state index contributed by atoms with van der Waals surface area (Å²) in [5.74, 6) is -2.18. The molecule has 1 N–H and O–H groups in total. The molecule has 2 bridgehead atoms. The fraction of sp³-hybridized carbons (Fsp3) is 0.821. The average Bonchev–Trinajstić information content (AvgIpc) is 3.53. The van der Waals surface area contributed by atoms with Crippen LogP contribution in [0.3, 0.4) is 0 Å². The Balaban J connectivity index is 1.65. The highest BCUT2D eigenvalue weighted by Gasteiger charge is 2.79. The summed E-state index contributed by atoms with van der Waals surface area (Å²) in [6.07, 6.45) is 5.52. The van der Waals surface area contributed by atoms with Gasteiger partial charge in [-0.15, -0.1) is 6.58 Å². The smallest absolute Gasteiger partial charge is 0.312 e. The molecule has 10 heteroatoms. The Morgan fingerprint density at radius 1 is 1.18 bits per heavy atom. The van der Waals surface area contributed by atoms with Gasteiger partial charge < -0.3 is 29.1 Å². The number of nitrogens with zero attached hydrogens (tertiary/aromatic N) is 3. The molecular weight excluding hydrogens is 490 g/mol. The van der Waals surface area contributed by atoms with Crippen LogP contribution < -0.4 is 0 Å². The van der Waals surface area contributed by atoms with Gasteiger partial charge in [-0.05, 0) is 45.4 Å². The molecule has 2 unspecified atom stereocenters. The molecule has 214 valence electrons. The Kier molecular flexibility index (Phi) is 9.49. The molecule has 5 atom stereocenters. The van der Waals surface area contributed by atoms with Gasteiger partial charge in [0.15, 0.2) is 0 Å². The molecule has 4 aliphatic heterocycles. The first-order valence-corrected chi connectivity index (χ1v) is 14.4. The van der Waals surface area contributed by atoms with Gasteiger partial charge >= 0.3 is 5.97 Å². The van der Waals surface area contributed by atoms with Gasteiger partial charge in [0.25, 0.3) is 0 Å². The van der Waals surface area contributed by atoms with E-state index in [4.69, 9.17) is 14.2 Å². The summed E-state index contributed by atoms with van der Waals surface area (Å²) in [7, 11) is 0. The van der Waals surface area contributed by atoms with Gasteiger partial charge in [-0.25, -0.2) is 0 Å². The summed E-state index contributed by atoms with van der Waals surface area (Å²) in [6.45, 7) is 12.9. The number of likely N-dealkylation sites (tertiary alicyclic amines) is 1. The van der Waals surface area contributed by atoms with Crippen molar-refractivity contribution in [3.8, 4) is 0 Å². The second kappa shape index (κ2) is 12.4. The first-order valence-electron chi connectivity index (χ1n) is 14.4. The van der Waals surface area contributed by atoms with Gasteiger partial charge in [0.2, 0.25) is 11.8 Å². The molecule has 38 heavy (non-hydrogen) atoms. The maximum Gasteiger partial charge on any atom is 0.312 e. The number of morpholine rings is 1. The molecule has 4 aliphatic rings. The maximum atomic E-state index is 14.4. The molecule has 2 amide bonds. The fourth-order valence-corrected chi connectivity index (χ4v) is 7.11. The number of esters is 1. The molecule has 4 saturated heterocycles. The zero-order valence-corrected chi connectivity index (χ0v) is 23.1. The number of hydrogen-bond acceptors (Lipinski definition) is 8. The van der Waals surface area contributed by atoms with Gasteiger partial charge in [0.1, 0.15) is 17.6 Å². The van der Waals surface area contributed by atoms with Crippen molar-refractivity contribution < 1.29 is 33.7 Å². The SMILES string of the molecule is C=CCN(CCN1CCOCC1)C(=O)C1N(CCCCCO)C(=O)[C@@H]2[C@@H](C(=O)OCC)[C@@]3(CC)CCC12O3. The first-order chi connectivity index (χ1) is 18.4. The fourth-order valence-electron chi connectivity index (χ4n) is 7.11. The van der Waals surface area contributed by atoms with E-state index in [9.17, 15) is 19.5 Å². The van der Waals surface area contributed by atoms with E-state index in [1.807, 2.05) is 6.92 Å². The lowest BCUT2D eigenvalue weighted by Gasteiger charge is -2.37. The van der Waals surface area contributed by atoms with Crippen LogP contribution >= 0.6 is 0 Å². The molecular formula is C28H45N3O7. The summed E-state index contributed by atoms with van der Waals surface area (Å²) in [5, 5.41) is 9.23. The standard InChI is InChI=1S/C28H45N3O7/c1-4-12-30(15-14-29-16-19-36-20-17-29)25(34)23-28-11-10-27(5-2,38-28)22(26(35)37-6-3)21(28)24(33)31(23)13-8-7-9-18-32/h4,21-23,32H,1,5-20H2,2-3H3/t21-,22-,23?,27+,28?/m0/s1. The topological polar surface area (TPSA) is 109 Å². The zero-order valence-electron chi connectivity index (χ0n) is 23.1. The molecule has 4 rings (SSSR count). The number of aliphatic hydroxyl groups is 1. The minimum atomic E-state index is -1.04. The van der Waals surface area contributed by atoms with Crippen LogP contribution in [0, 0.1) is 11.8 Å². The highest BCUT2D eigenvalue weighted by atomic mass is 16.6. The number of carbonyl (C=O) groups is 3. The summed E-state index contributed by atoms with van der Waals surface area (Å²) in [4.78, 5) is 47.5. The van der Waals surface area contributed by atoms with Gasteiger partial charge in [-0.2, -0.15) is 0 Å². The lowest BCUT2D eigenvalue weighted by molar-refractivity contribution is -0.161. The van der Waals surface area contributed by atoms with Crippen LogP contribution in [-0.2, 0) is 28.6 Å². The Labute approximate surface area is 226 Å². The molecule has 10 nitrogen and oxygen atoms in total. The van der Waals surface area contributed by atoms with Crippen molar-refractivity contribution in [1.82, 2.24) is 14.7 Å². The second-order valence-electron chi connectivity index (χ2n) is 10.9. The van der Waals surface area contributed by atoms with Crippen LogP contribution in [0.2, 0.25) is 0 Å². The molecule has 0 aliphatic carbocycles. The summed E-state index contributed by atoms with van der Waals surface area (Å²) in [6, 6.07) is -0.799. The Morgan fingerprint density at radius 2 is 1.95 bits per heavy atom. The third kappa shape index (κ3) is 5.12. The summed E-state index contributed by atoms with van der Waals surface area (Å²) in [5.41, 5.74) is -1.83. The quantitative estimate of drug-likeness (QED) is 0.201. The van der Waals surface area contributed by atoms with Crippen molar-refractivity contribution in [2.75, 3.05) is 65.7 Å². The molecule has 0 aromatic heterocycles. The van der Waals surface area contributed by atoms with Crippen LogP contribution in [0.15, 0.2) is 12.7 Å². The van der Waals surface area contributed by atoms with Crippen molar-refractivity contribution in [3.05, 3.63) is 12.7 Å². The highest BCUT2D eigenvalue weighted by molar-refractivity contribution is 5.98. The van der Waals surface area contributed by atoms with E-state index >= 15 is 0 Å². The Hall–Kier alpha value is -2.01. The lowest BCUT2D eigenvalue weighted by atomic mass is 9.65. The first kappa shape index (κ1) is 29.0. The largest absolute Gasteiger partial charge is 0.466 e. The second-order valence-corrected chi connectivity index (χ2v) is 10.9. The minimum absolute atomic E-state index is 0.0879. The Bertz CT molecular complexity index is 879. The van der Waals surface area contributed by atoms with E-state index in [2.05, 4.69) is 11.5 Å². The van der Waals surface area contributed by atoms with E-state index in [0.717, 1.165) is 19.5 Å². The predicted molar refractivity (Wildman–Crippen MR) is 140 cm³/mol. The third-order valence-corrected chi connectivity index (χ3v) is 8.96. The van der Waals surface area contributed by atoms with Crippen LogP contribution in [0.4, 0.5) is 0 Å². The van der Waals surface area contributed by atoms with E-state index in [-0.39, 0.29) is 25.0 Å². The van der Waals surface area contributed by atoms with Crippen LogP contribution in [0.5, 0.6) is 0 Å². The number of aliphatic hydroxyl groups excluding tert-OH is 1. The monoisotopic (exact) mass is 535 g/mol. The number of rotatable bonds is 14. The van der Waals surface area contributed by atoms with E-state index in [1.165, 1.54) is 0 Å². The van der Waals surface area contributed by atoms with E-state index in [1.54, 1.807) is 22.8 Å². The number of ether oxygens (including phenoxy) is 3. The average molecular weight is 536 g/mol. The molecule has 0 radical (unpaired) electrons. The van der Waals surface area contributed by atoms with Crippen molar-refractivity contribution in [1.29, 1.82) is 0 Å². The van der Waals surface area contributed by atoms with E-state index in [0.29, 0.717) is 71.5 Å². The molecule has 4 heterocycles. The van der Waals surface area contributed by atoms with Crippen molar-refractivity contribution >= 4 is 17.8 Å². The number of carbonyl (C=O) groups excluding carboxylic acids is 3. The maximum absolute atomic E-state index is 14.4. The number of amides is 2. The van der Waals surface area contributed by atoms with E-state index < -0.39 is 35.0 Å². The summed E-state index contributed by atoms with van der Waals surface area (Å²) >= 11 is 0. The zero-order chi connectivity index (χ0) is 27.3. The van der Waals surface area contributed by atoms with Crippen LogP contribution in [-0.4, -0.2) is 121 Å². The molecule has 0 aromatic carbocycles. The number of fused-ring (bicyclic) bond motifs is 1. The third-order valence-electron chi connectivity index (χ3n) is 8.96. The highest BCUT2D eigenvalue weighted by Crippen LogP contribution is 2.64. The summed E-state index contributed by atoms with van der Waals surface area (Å²) < 4.78 is 17.7. The van der Waals surface area contributed by atoms with Gasteiger partial charge in [-0.1, -0.05) is 13.0 Å².